The third-order valence-electron chi connectivity index (χ3n) is 6.11. The zero-order valence-corrected chi connectivity index (χ0v) is 26.0. The number of H-pyrrole nitrogens is 2. The minimum absolute atomic E-state index is 0.0950. The van der Waals surface area contributed by atoms with Crippen molar-refractivity contribution in [2.24, 2.45) is 5.92 Å². The number of alkyl carbamates (subject to hydrolysis) is 2. The van der Waals surface area contributed by atoms with Crippen molar-refractivity contribution in [1.29, 1.82) is 0 Å². The number of rotatable bonds is 6. The molecule has 1 atom stereocenters. The van der Waals surface area contributed by atoms with Crippen molar-refractivity contribution < 1.29 is 19.1 Å². The van der Waals surface area contributed by atoms with Crippen LogP contribution in [0.5, 0.6) is 0 Å². The van der Waals surface area contributed by atoms with E-state index >= 15 is 0 Å². The zero-order chi connectivity index (χ0) is 31.4. The number of nitrogens with zero attached hydrogens (tertiary/aromatic N) is 2. The molecule has 2 heterocycles. The van der Waals surface area contributed by atoms with Crippen molar-refractivity contribution >= 4 is 23.2 Å². The Morgan fingerprint density at radius 1 is 0.884 bits per heavy atom. The van der Waals surface area contributed by atoms with E-state index in [2.05, 4.69) is 37.4 Å². The number of benzene rings is 2. The van der Waals surface area contributed by atoms with Gasteiger partial charge in [-0.1, -0.05) is 37.8 Å². The van der Waals surface area contributed by atoms with Gasteiger partial charge in [0.25, 0.3) is 0 Å². The average molecular weight is 585 g/mol. The lowest BCUT2D eigenvalue weighted by Crippen LogP contribution is -2.37. The Balaban J connectivity index is 1.41. The quantitative estimate of drug-likeness (QED) is 0.189. The first-order chi connectivity index (χ1) is 20.1. The summed E-state index contributed by atoms with van der Waals surface area (Å²) in [4.78, 5) is 39.9. The maximum atomic E-state index is 12.4. The van der Waals surface area contributed by atoms with Crippen LogP contribution in [-0.4, -0.2) is 43.3 Å². The Morgan fingerprint density at radius 2 is 1.51 bits per heavy atom. The predicted octanol–water partition coefficient (Wildman–Crippen LogP) is 6.60. The summed E-state index contributed by atoms with van der Waals surface area (Å²) in [5.74, 6) is 7.82. The maximum absolute atomic E-state index is 12.4. The standard InChI is InChI=1S/C33H40N6O4/c1-20(2)28(39-31(41)43-33(6,7)8)29-37-24-16-13-22(17-25(24)38-29)10-9-21-11-14-23(15-12-21)26-18-34-27(36-26)19-35-30(40)42-32(3,4)5/h11-18,20,28H,19H2,1-8H3,(H,34,36)(H,35,40)(H,37,38)(H,39,41)/t28-/m0/s1. The van der Waals surface area contributed by atoms with E-state index in [1.54, 1.807) is 6.20 Å². The van der Waals surface area contributed by atoms with Crippen LogP contribution in [0.1, 0.15) is 84.2 Å². The highest BCUT2D eigenvalue weighted by Gasteiger charge is 2.25. The van der Waals surface area contributed by atoms with E-state index in [1.165, 1.54) is 0 Å². The molecule has 226 valence electrons. The minimum atomic E-state index is -0.585. The van der Waals surface area contributed by atoms with Gasteiger partial charge in [-0.05, 0) is 83.4 Å². The second kappa shape index (κ2) is 12.6. The molecule has 10 nitrogen and oxygen atoms in total. The van der Waals surface area contributed by atoms with E-state index in [0.29, 0.717) is 11.6 Å². The Bertz CT molecular complexity index is 1640. The van der Waals surface area contributed by atoms with Gasteiger partial charge in [0.05, 0.1) is 35.5 Å². The van der Waals surface area contributed by atoms with Crippen molar-refractivity contribution in [3.05, 3.63) is 71.4 Å². The van der Waals surface area contributed by atoms with E-state index < -0.39 is 23.4 Å². The van der Waals surface area contributed by atoms with Gasteiger partial charge in [0, 0.05) is 11.1 Å². The summed E-state index contributed by atoms with van der Waals surface area (Å²) in [5.41, 5.74) is 3.97. The number of carbonyl (C=O) groups excluding carboxylic acids is 2. The fourth-order valence-corrected chi connectivity index (χ4v) is 4.19. The van der Waals surface area contributed by atoms with Crippen molar-refractivity contribution in [2.45, 2.75) is 79.2 Å². The Morgan fingerprint density at radius 3 is 2.16 bits per heavy atom. The molecular weight excluding hydrogens is 544 g/mol. The van der Waals surface area contributed by atoms with E-state index in [1.807, 2.05) is 97.9 Å². The number of fused-ring (bicyclic) bond motifs is 1. The van der Waals surface area contributed by atoms with Crippen LogP contribution in [0.3, 0.4) is 0 Å². The predicted molar refractivity (Wildman–Crippen MR) is 166 cm³/mol. The van der Waals surface area contributed by atoms with Crippen LogP contribution in [0, 0.1) is 17.8 Å². The monoisotopic (exact) mass is 584 g/mol. The normalized spacial score (nSPS) is 12.4. The Kier molecular flexibility index (Phi) is 9.14. The first-order valence-corrected chi connectivity index (χ1v) is 14.3. The molecule has 0 fully saturated rings. The second-order valence-electron chi connectivity index (χ2n) is 12.6. The summed E-state index contributed by atoms with van der Waals surface area (Å²) in [5, 5.41) is 5.63. The molecule has 0 unspecified atom stereocenters. The summed E-state index contributed by atoms with van der Waals surface area (Å²) in [6.45, 7) is 15.2. The van der Waals surface area contributed by atoms with E-state index in [0.717, 1.165) is 33.4 Å². The number of amides is 2. The summed E-state index contributed by atoms with van der Waals surface area (Å²) in [7, 11) is 0. The molecule has 2 aromatic heterocycles. The second-order valence-corrected chi connectivity index (χ2v) is 12.6. The molecule has 0 saturated carbocycles. The van der Waals surface area contributed by atoms with Gasteiger partial charge in [-0.3, -0.25) is 0 Å². The fourth-order valence-electron chi connectivity index (χ4n) is 4.19. The zero-order valence-electron chi connectivity index (χ0n) is 26.0. The van der Waals surface area contributed by atoms with Crippen LogP contribution in [0.15, 0.2) is 48.7 Å². The van der Waals surface area contributed by atoms with Gasteiger partial charge >= 0.3 is 12.2 Å². The molecule has 2 aromatic carbocycles. The molecule has 4 N–H and O–H groups in total. The largest absolute Gasteiger partial charge is 0.444 e. The highest BCUT2D eigenvalue weighted by Crippen LogP contribution is 2.24. The number of carbonyl (C=O) groups is 2. The van der Waals surface area contributed by atoms with Gasteiger partial charge in [0.1, 0.15) is 22.9 Å². The van der Waals surface area contributed by atoms with Crippen LogP contribution in [0.4, 0.5) is 9.59 Å². The molecule has 43 heavy (non-hydrogen) atoms. The lowest BCUT2D eigenvalue weighted by molar-refractivity contribution is 0.0483. The number of ether oxygens (including phenoxy) is 2. The van der Waals surface area contributed by atoms with Gasteiger partial charge in [-0.25, -0.2) is 19.6 Å². The highest BCUT2D eigenvalue weighted by atomic mass is 16.6. The van der Waals surface area contributed by atoms with Crippen molar-refractivity contribution in [2.75, 3.05) is 0 Å². The van der Waals surface area contributed by atoms with Gasteiger partial charge in [-0.2, -0.15) is 0 Å². The molecule has 0 aliphatic rings. The molecule has 4 aromatic rings. The van der Waals surface area contributed by atoms with Crippen LogP contribution in [-0.2, 0) is 16.0 Å². The molecular formula is C33H40N6O4. The van der Waals surface area contributed by atoms with E-state index in [-0.39, 0.29) is 18.5 Å². The minimum Gasteiger partial charge on any atom is -0.444 e. The first kappa shape index (κ1) is 31.2. The Hall–Kier alpha value is -4.78. The first-order valence-electron chi connectivity index (χ1n) is 14.3. The highest BCUT2D eigenvalue weighted by molar-refractivity contribution is 5.77. The van der Waals surface area contributed by atoms with Crippen molar-refractivity contribution in [1.82, 2.24) is 30.6 Å². The van der Waals surface area contributed by atoms with Gasteiger partial charge < -0.3 is 30.1 Å². The summed E-state index contributed by atoms with van der Waals surface area (Å²) >= 11 is 0. The molecule has 2 amide bonds. The number of hydrogen-bond donors (Lipinski definition) is 4. The third kappa shape index (κ3) is 9.10. The maximum Gasteiger partial charge on any atom is 0.408 e. The molecule has 0 spiro atoms. The molecule has 0 saturated heterocycles. The van der Waals surface area contributed by atoms with Crippen LogP contribution < -0.4 is 10.6 Å². The molecule has 4 rings (SSSR count). The number of nitrogens with one attached hydrogen (secondary N) is 4. The lowest BCUT2D eigenvalue weighted by Gasteiger charge is -2.24. The molecule has 0 aliphatic heterocycles. The topological polar surface area (TPSA) is 134 Å². The average Bonchev–Trinajstić information content (AvgIpc) is 3.54. The van der Waals surface area contributed by atoms with Crippen molar-refractivity contribution in [3.8, 4) is 23.1 Å². The summed E-state index contributed by atoms with van der Waals surface area (Å²) < 4.78 is 10.7. The number of hydrogen-bond acceptors (Lipinski definition) is 6. The SMILES string of the molecule is CC(C)[C@H](NC(=O)OC(C)(C)C)c1nc2ccc(C#Cc3ccc(-c4cnc(CNC(=O)OC(C)(C)C)[nH]4)cc3)cc2[nH]1. The molecule has 0 radical (unpaired) electrons. The van der Waals surface area contributed by atoms with Gasteiger partial charge in [0.2, 0.25) is 0 Å². The number of imidazole rings is 2. The number of aromatic nitrogens is 4. The lowest BCUT2D eigenvalue weighted by atomic mass is 10.0. The van der Waals surface area contributed by atoms with Gasteiger partial charge in [0.15, 0.2) is 0 Å². The number of aromatic amines is 2. The molecule has 0 bridgehead atoms. The Labute approximate surface area is 252 Å². The van der Waals surface area contributed by atoms with Crippen molar-refractivity contribution in [3.63, 3.8) is 0 Å². The fraction of sp³-hybridized carbons (Fsp3) is 0.394. The van der Waals surface area contributed by atoms with Crippen LogP contribution in [0.25, 0.3) is 22.3 Å². The third-order valence-corrected chi connectivity index (χ3v) is 6.11. The van der Waals surface area contributed by atoms with E-state index in [4.69, 9.17) is 14.5 Å². The van der Waals surface area contributed by atoms with E-state index in [9.17, 15) is 9.59 Å². The summed E-state index contributed by atoms with van der Waals surface area (Å²) in [6.07, 6.45) is 0.760. The van der Waals surface area contributed by atoms with Gasteiger partial charge in [-0.15, -0.1) is 0 Å². The van der Waals surface area contributed by atoms with Crippen LogP contribution >= 0.6 is 0 Å². The molecule has 10 heteroatoms. The summed E-state index contributed by atoms with van der Waals surface area (Å²) in [6, 6.07) is 13.3. The van der Waals surface area contributed by atoms with Crippen LogP contribution in [0.2, 0.25) is 0 Å². The smallest absolute Gasteiger partial charge is 0.408 e. The molecule has 0 aliphatic carbocycles.